The van der Waals surface area contributed by atoms with Gasteiger partial charge in [-0.15, -0.1) is 0 Å². The number of hydrogen-bond acceptors (Lipinski definition) is 10. The highest BCUT2D eigenvalue weighted by Gasteiger charge is 2.26. The van der Waals surface area contributed by atoms with Crippen LogP contribution >= 0.6 is 23.2 Å². The Morgan fingerprint density at radius 3 is 1.29 bits per heavy atom. The van der Waals surface area contributed by atoms with E-state index in [4.69, 9.17) is 23.2 Å². The maximum absolute atomic E-state index is 13.4. The van der Waals surface area contributed by atoms with Crippen molar-refractivity contribution in [1.82, 2.24) is 0 Å². The molecule has 294 valence electrons. The molecule has 0 saturated carbocycles. The first-order chi connectivity index (χ1) is 27.7. The number of carbonyl (C=O) groups excluding carboxylic acids is 6. The molecule has 0 saturated heterocycles. The van der Waals surface area contributed by atoms with Crippen LogP contribution in [-0.2, 0) is 19.2 Å². The van der Waals surface area contributed by atoms with Gasteiger partial charge in [-0.25, -0.2) is 0 Å². The van der Waals surface area contributed by atoms with Crippen LogP contribution in [0.25, 0.3) is 0 Å². The zero-order valence-corrected chi connectivity index (χ0v) is 33.1. The minimum absolute atomic E-state index is 0.142. The summed E-state index contributed by atoms with van der Waals surface area (Å²) in [5.41, 5.74) is 3.46. The van der Waals surface area contributed by atoms with E-state index in [1.807, 2.05) is 12.1 Å². The molecule has 4 amide bonds. The lowest BCUT2D eigenvalue weighted by Crippen LogP contribution is -2.33. The molecule has 0 heterocycles. The van der Waals surface area contributed by atoms with E-state index in [0.29, 0.717) is 28.2 Å². The fraction of sp³-hybridized carbons (Fsp3) is 0.143. The Balaban J connectivity index is 1.26. The maximum Gasteiger partial charge on any atom is 0.258 e. The predicted molar refractivity (Wildman–Crippen MR) is 223 cm³/mol. The van der Waals surface area contributed by atoms with E-state index in [1.165, 1.54) is 50.2 Å². The van der Waals surface area contributed by atoms with Crippen molar-refractivity contribution in [2.75, 3.05) is 21.3 Å². The SMILES string of the molecule is CC(=O)C(N=Nc1cc(Cl)cc(C(=O)Nc2ccccc2)c1)C(=O)Nc1cc(C)c(NC(=O)C(N=Nc2cc(Cl)cc(C(=O)Nc3ccccc3)c2)C(C)=O)c(C)c1. The summed E-state index contributed by atoms with van der Waals surface area (Å²) in [6.07, 6.45) is 0. The molecule has 0 aliphatic rings. The van der Waals surface area contributed by atoms with Crippen molar-refractivity contribution in [1.29, 1.82) is 0 Å². The molecular weight excluding hydrogens is 783 g/mol. The van der Waals surface area contributed by atoms with Crippen LogP contribution in [0.4, 0.5) is 34.1 Å². The number of amides is 4. The molecule has 16 heteroatoms. The molecule has 4 N–H and O–H groups in total. The zero-order valence-electron chi connectivity index (χ0n) is 31.5. The van der Waals surface area contributed by atoms with E-state index in [2.05, 4.69) is 41.7 Å². The van der Waals surface area contributed by atoms with Gasteiger partial charge in [-0.2, -0.15) is 20.5 Å². The number of benzene rings is 5. The molecule has 0 bridgehead atoms. The Labute approximate surface area is 343 Å². The van der Waals surface area contributed by atoms with Gasteiger partial charge in [-0.1, -0.05) is 59.6 Å². The summed E-state index contributed by atoms with van der Waals surface area (Å²) >= 11 is 12.5. The van der Waals surface area contributed by atoms with E-state index in [-0.39, 0.29) is 38.2 Å². The highest BCUT2D eigenvalue weighted by Crippen LogP contribution is 2.28. The Bertz CT molecular complexity index is 2440. The van der Waals surface area contributed by atoms with Gasteiger partial charge in [0, 0.05) is 43.9 Å². The number of hydrogen-bond donors (Lipinski definition) is 4. The molecule has 0 radical (unpaired) electrons. The molecule has 0 aliphatic carbocycles. The average molecular weight is 820 g/mol. The van der Waals surface area contributed by atoms with Gasteiger partial charge in [0.2, 0.25) is 12.1 Å². The highest BCUT2D eigenvalue weighted by atomic mass is 35.5. The molecule has 0 aromatic heterocycles. The van der Waals surface area contributed by atoms with Crippen LogP contribution in [0.3, 0.4) is 0 Å². The van der Waals surface area contributed by atoms with Gasteiger partial charge in [0.15, 0.2) is 11.6 Å². The summed E-state index contributed by atoms with van der Waals surface area (Å²) in [5.74, 6) is -3.65. The first kappa shape index (κ1) is 42.2. The third-order valence-corrected chi connectivity index (χ3v) is 8.68. The van der Waals surface area contributed by atoms with E-state index in [9.17, 15) is 28.8 Å². The monoisotopic (exact) mass is 818 g/mol. The Morgan fingerprint density at radius 2 is 0.897 bits per heavy atom. The van der Waals surface area contributed by atoms with Crippen LogP contribution in [-0.4, -0.2) is 47.3 Å². The second kappa shape index (κ2) is 19.3. The molecule has 58 heavy (non-hydrogen) atoms. The van der Waals surface area contributed by atoms with Crippen LogP contribution in [0.2, 0.25) is 10.0 Å². The number of ketones is 2. The molecule has 2 unspecified atom stereocenters. The number of aryl methyl sites for hydroxylation is 2. The molecular formula is C42H36Cl2N8O6. The lowest BCUT2D eigenvalue weighted by Gasteiger charge is -2.17. The fourth-order valence-electron chi connectivity index (χ4n) is 5.50. The number of rotatable bonds is 14. The maximum atomic E-state index is 13.4. The van der Waals surface area contributed by atoms with Gasteiger partial charge in [-0.3, -0.25) is 28.8 Å². The van der Waals surface area contributed by atoms with Crippen LogP contribution in [0, 0.1) is 13.8 Å². The molecule has 5 rings (SSSR count). The van der Waals surface area contributed by atoms with Crippen molar-refractivity contribution in [3.05, 3.63) is 141 Å². The first-order valence-corrected chi connectivity index (χ1v) is 18.3. The van der Waals surface area contributed by atoms with Gasteiger partial charge in [0.25, 0.3) is 23.6 Å². The molecule has 2 atom stereocenters. The van der Waals surface area contributed by atoms with Crippen LogP contribution < -0.4 is 21.3 Å². The molecule has 0 aliphatic heterocycles. The third-order valence-electron chi connectivity index (χ3n) is 8.25. The Hall–Kier alpha value is -6.90. The fourth-order valence-corrected chi connectivity index (χ4v) is 5.95. The van der Waals surface area contributed by atoms with Crippen molar-refractivity contribution in [2.24, 2.45) is 20.5 Å². The van der Waals surface area contributed by atoms with Crippen molar-refractivity contribution in [2.45, 2.75) is 39.8 Å². The van der Waals surface area contributed by atoms with Gasteiger partial charge >= 0.3 is 0 Å². The summed E-state index contributed by atoms with van der Waals surface area (Å²) in [6, 6.07) is 26.2. The summed E-state index contributed by atoms with van der Waals surface area (Å²) in [7, 11) is 0. The average Bonchev–Trinajstić information content (AvgIpc) is 3.16. The number of azo groups is 2. The van der Waals surface area contributed by atoms with Crippen molar-refractivity contribution in [3.8, 4) is 0 Å². The molecule has 0 fully saturated rings. The van der Waals surface area contributed by atoms with Crippen molar-refractivity contribution < 1.29 is 28.8 Å². The number of halogens is 2. The summed E-state index contributed by atoms with van der Waals surface area (Å²) < 4.78 is 0. The molecule has 5 aromatic rings. The number of Topliss-reactive ketones (excluding diaryl/α,β-unsaturated/α-hetero) is 2. The lowest BCUT2D eigenvalue weighted by atomic mass is 10.1. The summed E-state index contributed by atoms with van der Waals surface area (Å²) in [5, 5.41) is 27.3. The van der Waals surface area contributed by atoms with Gasteiger partial charge in [-0.05, 0) is 112 Å². The minimum atomic E-state index is -1.55. The quantitative estimate of drug-likeness (QED) is 0.0635. The standard InChI is InChI=1S/C42H36Cl2N8O6/c1-23-15-33(47-41(57)37(25(3)53)51-49-34-19-27(17-29(43)21-34)39(55)45-31-11-7-5-8-12-31)16-24(2)36(23)48-42(58)38(26(4)54)52-50-35-20-28(18-30(44)22-35)40(56)46-32-13-9-6-10-14-32/h5-22,37-38H,1-4H3,(H,45,55)(H,46,56)(H,47,57)(H,48,58). The van der Waals surface area contributed by atoms with Crippen LogP contribution in [0.15, 0.2) is 130 Å². The van der Waals surface area contributed by atoms with Crippen LogP contribution in [0.1, 0.15) is 45.7 Å². The van der Waals surface area contributed by atoms with E-state index in [1.54, 1.807) is 74.5 Å². The topological polar surface area (TPSA) is 200 Å². The first-order valence-electron chi connectivity index (χ1n) is 17.6. The number of nitrogens with one attached hydrogen (secondary N) is 4. The second-order valence-corrected chi connectivity index (χ2v) is 13.8. The van der Waals surface area contributed by atoms with Gasteiger partial charge < -0.3 is 21.3 Å². The Morgan fingerprint density at radius 1 is 0.500 bits per heavy atom. The third kappa shape index (κ3) is 11.6. The minimum Gasteiger partial charge on any atom is -0.324 e. The molecule has 5 aromatic carbocycles. The van der Waals surface area contributed by atoms with E-state index < -0.39 is 47.3 Å². The van der Waals surface area contributed by atoms with Crippen molar-refractivity contribution in [3.63, 3.8) is 0 Å². The van der Waals surface area contributed by atoms with Crippen molar-refractivity contribution >= 4 is 92.5 Å². The number of nitrogens with zero attached hydrogens (tertiary/aromatic N) is 4. The van der Waals surface area contributed by atoms with Gasteiger partial charge in [0.1, 0.15) is 0 Å². The summed E-state index contributed by atoms with van der Waals surface area (Å²) in [6.45, 7) is 5.72. The number of carbonyl (C=O) groups is 6. The lowest BCUT2D eigenvalue weighted by molar-refractivity contribution is -0.127. The largest absolute Gasteiger partial charge is 0.324 e. The molecule has 14 nitrogen and oxygen atoms in total. The van der Waals surface area contributed by atoms with Crippen LogP contribution in [0.5, 0.6) is 0 Å². The second-order valence-electron chi connectivity index (χ2n) is 13.0. The zero-order chi connectivity index (χ0) is 41.9. The summed E-state index contributed by atoms with van der Waals surface area (Å²) in [4.78, 5) is 77.4. The predicted octanol–water partition coefficient (Wildman–Crippen LogP) is 9.47. The smallest absolute Gasteiger partial charge is 0.258 e. The number of para-hydroxylation sites is 2. The van der Waals surface area contributed by atoms with E-state index >= 15 is 0 Å². The highest BCUT2D eigenvalue weighted by molar-refractivity contribution is 6.31. The normalized spacial score (nSPS) is 12.1. The molecule has 0 spiro atoms. The number of anilines is 4. The van der Waals surface area contributed by atoms with E-state index in [0.717, 1.165) is 0 Å². The Kier molecular flexibility index (Phi) is 14.1. The van der Waals surface area contributed by atoms with Gasteiger partial charge in [0.05, 0.1) is 11.4 Å².